The highest BCUT2D eigenvalue weighted by molar-refractivity contribution is 8.00. The molecule has 0 amide bonds. The second-order valence-corrected chi connectivity index (χ2v) is 5.03. The fraction of sp³-hybridized carbons (Fsp3) is 0.364. The van der Waals surface area contributed by atoms with Gasteiger partial charge in [-0.05, 0) is 19.1 Å². The van der Waals surface area contributed by atoms with Crippen molar-refractivity contribution < 1.29 is 23.8 Å². The van der Waals surface area contributed by atoms with Gasteiger partial charge in [-0.1, -0.05) is 6.92 Å². The standard InChI is InChI=1S/C11H12F2O3S/c1-5(14)6(2)17-10-8(12)3-7(11(15)16)4-9(10)13/h3-6,14H,1-2H3,(H,15,16). The van der Waals surface area contributed by atoms with Gasteiger partial charge in [-0.15, -0.1) is 11.8 Å². The zero-order valence-electron chi connectivity index (χ0n) is 9.28. The summed E-state index contributed by atoms with van der Waals surface area (Å²) in [7, 11) is 0. The van der Waals surface area contributed by atoms with Crippen LogP contribution in [0, 0.1) is 11.6 Å². The second-order valence-electron chi connectivity index (χ2n) is 3.64. The Balaban J connectivity index is 3.06. The van der Waals surface area contributed by atoms with Crippen molar-refractivity contribution in [3.63, 3.8) is 0 Å². The quantitative estimate of drug-likeness (QED) is 0.819. The van der Waals surface area contributed by atoms with Crippen LogP contribution in [0.3, 0.4) is 0 Å². The van der Waals surface area contributed by atoms with E-state index in [1.54, 1.807) is 6.92 Å². The molecular formula is C11H12F2O3S. The van der Waals surface area contributed by atoms with Gasteiger partial charge in [-0.25, -0.2) is 13.6 Å². The lowest BCUT2D eigenvalue weighted by Crippen LogP contribution is -2.15. The molecule has 94 valence electrons. The Hall–Kier alpha value is -1.14. The number of hydrogen-bond donors (Lipinski definition) is 2. The van der Waals surface area contributed by atoms with Gasteiger partial charge < -0.3 is 10.2 Å². The van der Waals surface area contributed by atoms with Crippen molar-refractivity contribution in [1.29, 1.82) is 0 Å². The molecule has 0 saturated carbocycles. The fourth-order valence-corrected chi connectivity index (χ4v) is 1.99. The number of halogens is 2. The molecule has 0 saturated heterocycles. The van der Waals surface area contributed by atoms with Crippen molar-refractivity contribution in [2.24, 2.45) is 0 Å². The van der Waals surface area contributed by atoms with Gasteiger partial charge in [0.25, 0.3) is 0 Å². The first kappa shape index (κ1) is 13.9. The molecule has 0 aliphatic heterocycles. The molecule has 0 radical (unpaired) electrons. The van der Waals surface area contributed by atoms with Crippen LogP contribution in [0.4, 0.5) is 8.78 Å². The zero-order chi connectivity index (χ0) is 13.2. The number of benzene rings is 1. The van der Waals surface area contributed by atoms with Crippen LogP contribution in [0.5, 0.6) is 0 Å². The molecule has 2 unspecified atom stereocenters. The zero-order valence-corrected chi connectivity index (χ0v) is 10.1. The van der Waals surface area contributed by atoms with E-state index in [9.17, 15) is 18.7 Å². The molecule has 0 aromatic heterocycles. The van der Waals surface area contributed by atoms with E-state index in [0.717, 1.165) is 23.9 Å². The number of hydrogen-bond acceptors (Lipinski definition) is 3. The van der Waals surface area contributed by atoms with Crippen molar-refractivity contribution in [3.8, 4) is 0 Å². The highest BCUT2D eigenvalue weighted by atomic mass is 32.2. The van der Waals surface area contributed by atoms with Crippen molar-refractivity contribution in [2.75, 3.05) is 0 Å². The Morgan fingerprint density at radius 2 is 1.76 bits per heavy atom. The number of aliphatic hydroxyl groups is 1. The summed E-state index contributed by atoms with van der Waals surface area (Å²) < 4.78 is 27.0. The normalized spacial score (nSPS) is 14.4. The maximum Gasteiger partial charge on any atom is 0.335 e. The van der Waals surface area contributed by atoms with Gasteiger partial charge >= 0.3 is 5.97 Å². The molecule has 17 heavy (non-hydrogen) atoms. The Bertz CT molecular complexity index is 412. The molecular weight excluding hydrogens is 250 g/mol. The van der Waals surface area contributed by atoms with Crippen LogP contribution in [-0.4, -0.2) is 27.5 Å². The monoisotopic (exact) mass is 262 g/mol. The summed E-state index contributed by atoms with van der Waals surface area (Å²) in [6.45, 7) is 3.14. The second kappa shape index (κ2) is 5.46. The lowest BCUT2D eigenvalue weighted by atomic mass is 10.2. The number of aliphatic hydroxyl groups excluding tert-OH is 1. The summed E-state index contributed by atoms with van der Waals surface area (Å²) in [6, 6.07) is 1.53. The molecule has 0 aliphatic carbocycles. The van der Waals surface area contributed by atoms with Crippen LogP contribution in [-0.2, 0) is 0 Å². The number of carboxylic acid groups (broad SMARTS) is 1. The molecule has 2 atom stereocenters. The van der Waals surface area contributed by atoms with Crippen molar-refractivity contribution in [3.05, 3.63) is 29.3 Å². The van der Waals surface area contributed by atoms with Crippen molar-refractivity contribution >= 4 is 17.7 Å². The Morgan fingerprint density at radius 3 is 2.12 bits per heavy atom. The van der Waals surface area contributed by atoms with E-state index in [-0.39, 0.29) is 4.90 Å². The van der Waals surface area contributed by atoms with E-state index in [1.807, 2.05) is 0 Å². The molecule has 0 heterocycles. The summed E-state index contributed by atoms with van der Waals surface area (Å²) in [5, 5.41) is 17.5. The van der Waals surface area contributed by atoms with Crippen LogP contribution in [0.25, 0.3) is 0 Å². The molecule has 1 aromatic rings. The van der Waals surface area contributed by atoms with Crippen LogP contribution < -0.4 is 0 Å². The number of carboxylic acids is 1. The maximum atomic E-state index is 13.5. The Labute approximate surface area is 101 Å². The highest BCUT2D eigenvalue weighted by Gasteiger charge is 2.19. The third-order valence-electron chi connectivity index (χ3n) is 2.23. The summed E-state index contributed by atoms with van der Waals surface area (Å²) >= 11 is 0.832. The van der Waals surface area contributed by atoms with Crippen LogP contribution >= 0.6 is 11.8 Å². The third-order valence-corrected chi connectivity index (χ3v) is 3.62. The molecule has 0 fully saturated rings. The molecule has 1 rings (SSSR count). The summed E-state index contributed by atoms with van der Waals surface area (Å²) in [5.74, 6) is -3.25. The largest absolute Gasteiger partial charge is 0.478 e. The van der Waals surface area contributed by atoms with Crippen LogP contribution in [0.2, 0.25) is 0 Å². The van der Waals surface area contributed by atoms with Crippen molar-refractivity contribution in [2.45, 2.75) is 30.1 Å². The van der Waals surface area contributed by atoms with Crippen LogP contribution in [0.1, 0.15) is 24.2 Å². The minimum atomic E-state index is -1.39. The minimum absolute atomic E-state index is 0.275. The Morgan fingerprint density at radius 1 is 1.29 bits per heavy atom. The summed E-state index contributed by atoms with van der Waals surface area (Å²) in [4.78, 5) is 10.3. The van der Waals surface area contributed by atoms with Gasteiger partial charge in [0, 0.05) is 5.25 Å². The smallest absolute Gasteiger partial charge is 0.335 e. The van der Waals surface area contributed by atoms with Gasteiger partial charge in [0.15, 0.2) is 0 Å². The van der Waals surface area contributed by atoms with Gasteiger partial charge in [0.05, 0.1) is 16.6 Å². The predicted octanol–water partition coefficient (Wildman–Crippen LogP) is 2.52. The van der Waals surface area contributed by atoms with E-state index < -0.39 is 34.5 Å². The van der Waals surface area contributed by atoms with Gasteiger partial charge in [-0.3, -0.25) is 0 Å². The minimum Gasteiger partial charge on any atom is -0.478 e. The molecule has 0 spiro atoms. The van der Waals surface area contributed by atoms with Gasteiger partial charge in [-0.2, -0.15) is 0 Å². The Kier molecular flexibility index (Phi) is 4.47. The van der Waals surface area contributed by atoms with E-state index in [4.69, 9.17) is 5.11 Å². The predicted molar refractivity (Wildman–Crippen MR) is 60.3 cm³/mol. The summed E-state index contributed by atoms with van der Waals surface area (Å²) in [5.41, 5.74) is -0.436. The fourth-order valence-electron chi connectivity index (χ4n) is 1.08. The van der Waals surface area contributed by atoms with E-state index >= 15 is 0 Å². The van der Waals surface area contributed by atoms with Gasteiger partial charge in [0.2, 0.25) is 0 Å². The third kappa shape index (κ3) is 3.41. The summed E-state index contributed by atoms with van der Waals surface area (Å²) in [6.07, 6.45) is -0.724. The molecule has 0 aliphatic rings. The molecule has 6 heteroatoms. The molecule has 1 aromatic carbocycles. The number of rotatable bonds is 4. The number of carbonyl (C=O) groups is 1. The molecule has 0 bridgehead atoms. The van der Waals surface area contributed by atoms with Crippen LogP contribution in [0.15, 0.2) is 17.0 Å². The molecule has 2 N–H and O–H groups in total. The van der Waals surface area contributed by atoms with Crippen molar-refractivity contribution in [1.82, 2.24) is 0 Å². The number of aromatic carboxylic acids is 1. The topological polar surface area (TPSA) is 57.5 Å². The first-order valence-electron chi connectivity index (χ1n) is 4.90. The molecule has 3 nitrogen and oxygen atoms in total. The van der Waals surface area contributed by atoms with E-state index in [0.29, 0.717) is 0 Å². The maximum absolute atomic E-state index is 13.5. The highest BCUT2D eigenvalue weighted by Crippen LogP contribution is 2.31. The number of thioether (sulfide) groups is 1. The average Bonchev–Trinajstić information content (AvgIpc) is 2.22. The first-order chi connectivity index (χ1) is 7.82. The lowest BCUT2D eigenvalue weighted by Gasteiger charge is -2.15. The van der Waals surface area contributed by atoms with Gasteiger partial charge in [0.1, 0.15) is 11.6 Å². The lowest BCUT2D eigenvalue weighted by molar-refractivity contribution is 0.0695. The van der Waals surface area contributed by atoms with E-state index in [1.165, 1.54) is 6.92 Å². The van der Waals surface area contributed by atoms with E-state index in [2.05, 4.69) is 0 Å². The average molecular weight is 262 g/mol. The SMILES string of the molecule is CC(O)C(C)Sc1c(F)cc(C(=O)O)cc1F. The first-order valence-corrected chi connectivity index (χ1v) is 5.78.